The molecule has 0 radical (unpaired) electrons. The molecule has 0 aliphatic rings. The number of hydrogen-bond donors (Lipinski definition) is 4. The third-order valence-electron chi connectivity index (χ3n) is 5.00. The van der Waals surface area contributed by atoms with Crippen LogP contribution in [0.5, 0.6) is 0 Å². The summed E-state index contributed by atoms with van der Waals surface area (Å²) in [5.41, 5.74) is -0.549. The summed E-state index contributed by atoms with van der Waals surface area (Å²) < 4.78 is 5.97. The van der Waals surface area contributed by atoms with Gasteiger partial charge < -0.3 is 25.8 Å². The topological polar surface area (TPSA) is 134 Å². The summed E-state index contributed by atoms with van der Waals surface area (Å²) in [6.45, 7) is 18.5. The summed E-state index contributed by atoms with van der Waals surface area (Å²) in [5, 5.41) is 17.1. The standard InChI is InChI=1S/C26H49N3O6S/c1-18(15-35-26(8,9)11-13-27-20(30)14-24(2,3)4)22(33)29-19(16-36-17-25(5,6)7)23(34)28-12-10-21(31)32/h18-19H,10-17H2,1-9H3,(H,27,30)(H,28,34)(H,29,33)(H,31,32)/t18?,19-/m0/s1. The molecule has 0 fully saturated rings. The Morgan fingerprint density at radius 1 is 0.889 bits per heavy atom. The summed E-state index contributed by atoms with van der Waals surface area (Å²) in [5.74, 6) is -1.01. The molecule has 9 nitrogen and oxygen atoms in total. The zero-order valence-electron chi connectivity index (χ0n) is 23.7. The van der Waals surface area contributed by atoms with E-state index in [4.69, 9.17) is 9.84 Å². The number of carboxylic acid groups (broad SMARTS) is 1. The van der Waals surface area contributed by atoms with Crippen LogP contribution < -0.4 is 16.0 Å². The molecule has 2 atom stereocenters. The summed E-state index contributed by atoms with van der Waals surface area (Å²) in [6, 6.07) is -0.771. The Morgan fingerprint density at radius 2 is 1.50 bits per heavy atom. The first-order chi connectivity index (χ1) is 16.3. The molecule has 1 unspecified atom stereocenters. The lowest BCUT2D eigenvalue weighted by atomic mass is 9.92. The maximum absolute atomic E-state index is 12.8. The number of carbonyl (C=O) groups excluding carboxylic acids is 3. The Morgan fingerprint density at radius 3 is 2.03 bits per heavy atom. The molecule has 0 aromatic rings. The van der Waals surface area contributed by atoms with E-state index >= 15 is 0 Å². The van der Waals surface area contributed by atoms with Gasteiger partial charge in [-0.15, -0.1) is 0 Å². The number of rotatable bonds is 16. The molecule has 0 aliphatic heterocycles. The van der Waals surface area contributed by atoms with Gasteiger partial charge >= 0.3 is 5.97 Å². The third-order valence-corrected chi connectivity index (χ3v) is 6.64. The van der Waals surface area contributed by atoms with E-state index in [-0.39, 0.29) is 42.2 Å². The molecule has 4 N–H and O–H groups in total. The lowest BCUT2D eigenvalue weighted by Gasteiger charge is -2.28. The first-order valence-electron chi connectivity index (χ1n) is 12.6. The van der Waals surface area contributed by atoms with Gasteiger partial charge in [0.2, 0.25) is 17.7 Å². The average Bonchev–Trinajstić information content (AvgIpc) is 2.68. The number of ether oxygens (including phenoxy) is 1. The minimum absolute atomic E-state index is 0.00282. The molecule has 0 rings (SSSR count). The van der Waals surface area contributed by atoms with E-state index in [1.807, 2.05) is 34.6 Å². The van der Waals surface area contributed by atoms with Crippen molar-refractivity contribution in [3.63, 3.8) is 0 Å². The number of thioether (sulfide) groups is 1. The highest BCUT2D eigenvalue weighted by molar-refractivity contribution is 7.99. The number of aliphatic carboxylic acids is 1. The van der Waals surface area contributed by atoms with Crippen LogP contribution in [0.1, 0.15) is 81.6 Å². The molecule has 3 amide bonds. The fraction of sp³-hybridized carbons (Fsp3) is 0.846. The minimum atomic E-state index is -1.000. The molecular formula is C26H49N3O6S. The van der Waals surface area contributed by atoms with E-state index in [9.17, 15) is 19.2 Å². The number of hydrogen-bond acceptors (Lipinski definition) is 6. The second-order valence-corrected chi connectivity index (χ2v) is 13.4. The van der Waals surface area contributed by atoms with Gasteiger partial charge in [-0.25, -0.2) is 0 Å². The second-order valence-electron chi connectivity index (χ2n) is 12.4. The van der Waals surface area contributed by atoms with Crippen LogP contribution >= 0.6 is 11.8 Å². The Hall–Kier alpha value is -1.81. The van der Waals surface area contributed by atoms with E-state index in [1.54, 1.807) is 18.7 Å². The summed E-state index contributed by atoms with van der Waals surface area (Å²) in [7, 11) is 0. The molecule has 10 heteroatoms. The van der Waals surface area contributed by atoms with Crippen molar-refractivity contribution in [2.24, 2.45) is 16.7 Å². The van der Waals surface area contributed by atoms with Crippen molar-refractivity contribution in [2.75, 3.05) is 31.2 Å². The monoisotopic (exact) mass is 531 g/mol. The molecule has 0 spiro atoms. The lowest BCUT2D eigenvalue weighted by Crippen LogP contribution is -2.50. The van der Waals surface area contributed by atoms with Crippen LogP contribution in [0.4, 0.5) is 0 Å². The van der Waals surface area contributed by atoms with Crippen LogP contribution in [-0.4, -0.2) is 71.6 Å². The lowest BCUT2D eigenvalue weighted by molar-refractivity contribution is -0.137. The largest absolute Gasteiger partial charge is 0.481 e. The predicted molar refractivity (Wildman–Crippen MR) is 145 cm³/mol. The second kappa shape index (κ2) is 15.4. The summed E-state index contributed by atoms with van der Waals surface area (Å²) >= 11 is 1.56. The Labute approximate surface area is 221 Å². The Balaban J connectivity index is 4.78. The molecule has 0 bridgehead atoms. The van der Waals surface area contributed by atoms with Crippen LogP contribution in [0, 0.1) is 16.7 Å². The van der Waals surface area contributed by atoms with Crippen molar-refractivity contribution in [3.05, 3.63) is 0 Å². The van der Waals surface area contributed by atoms with Crippen molar-refractivity contribution < 1.29 is 29.0 Å². The molecule has 210 valence electrons. The van der Waals surface area contributed by atoms with Gasteiger partial charge in [-0.1, -0.05) is 48.5 Å². The van der Waals surface area contributed by atoms with Crippen LogP contribution in [-0.2, 0) is 23.9 Å². The highest BCUT2D eigenvalue weighted by Gasteiger charge is 2.27. The molecule has 0 saturated carbocycles. The van der Waals surface area contributed by atoms with Gasteiger partial charge in [-0.05, 0) is 36.9 Å². The smallest absolute Gasteiger partial charge is 0.305 e. The molecule has 0 aliphatic carbocycles. The summed E-state index contributed by atoms with van der Waals surface area (Å²) in [4.78, 5) is 48.2. The van der Waals surface area contributed by atoms with Crippen molar-refractivity contribution in [3.8, 4) is 0 Å². The van der Waals surface area contributed by atoms with E-state index in [2.05, 4.69) is 36.7 Å². The molecule has 0 aromatic heterocycles. The van der Waals surface area contributed by atoms with E-state index in [1.165, 1.54) is 0 Å². The van der Waals surface area contributed by atoms with Crippen molar-refractivity contribution in [1.29, 1.82) is 0 Å². The van der Waals surface area contributed by atoms with E-state index in [0.717, 1.165) is 5.75 Å². The fourth-order valence-electron chi connectivity index (χ4n) is 2.94. The van der Waals surface area contributed by atoms with Gasteiger partial charge in [-0.3, -0.25) is 19.2 Å². The zero-order valence-corrected chi connectivity index (χ0v) is 24.5. The zero-order chi connectivity index (χ0) is 28.2. The minimum Gasteiger partial charge on any atom is -0.481 e. The van der Waals surface area contributed by atoms with E-state index in [0.29, 0.717) is 25.1 Å². The molecule has 0 aromatic carbocycles. The van der Waals surface area contributed by atoms with Crippen LogP contribution in [0.2, 0.25) is 0 Å². The highest BCUT2D eigenvalue weighted by atomic mass is 32.2. The SMILES string of the molecule is CC(COC(C)(C)CCNC(=O)CC(C)(C)C)C(=O)N[C@@H](CSCC(C)(C)C)C(=O)NCCC(=O)O. The van der Waals surface area contributed by atoms with Crippen LogP contribution in [0.3, 0.4) is 0 Å². The Kier molecular flexibility index (Phi) is 14.7. The maximum atomic E-state index is 12.8. The third kappa shape index (κ3) is 18.5. The molecule has 0 heterocycles. The van der Waals surface area contributed by atoms with Gasteiger partial charge in [-0.2, -0.15) is 11.8 Å². The first kappa shape index (κ1) is 34.2. The maximum Gasteiger partial charge on any atom is 0.305 e. The normalized spacial score (nSPS) is 14.0. The van der Waals surface area contributed by atoms with Gasteiger partial charge in [0, 0.05) is 25.3 Å². The Bertz CT molecular complexity index is 728. The highest BCUT2D eigenvalue weighted by Crippen LogP contribution is 2.21. The van der Waals surface area contributed by atoms with E-state index < -0.39 is 29.4 Å². The van der Waals surface area contributed by atoms with Crippen molar-refractivity contribution in [1.82, 2.24) is 16.0 Å². The fourth-order valence-corrected chi connectivity index (χ4v) is 4.14. The van der Waals surface area contributed by atoms with Crippen molar-refractivity contribution in [2.45, 2.75) is 93.2 Å². The van der Waals surface area contributed by atoms with Gasteiger partial charge in [0.25, 0.3) is 0 Å². The van der Waals surface area contributed by atoms with Crippen molar-refractivity contribution >= 4 is 35.5 Å². The number of carboxylic acids is 1. The van der Waals surface area contributed by atoms with Gasteiger partial charge in [0.15, 0.2) is 0 Å². The number of carbonyl (C=O) groups is 4. The van der Waals surface area contributed by atoms with Gasteiger partial charge in [0.05, 0.1) is 24.5 Å². The van der Waals surface area contributed by atoms with Gasteiger partial charge in [0.1, 0.15) is 6.04 Å². The number of amides is 3. The predicted octanol–water partition coefficient (Wildman–Crippen LogP) is 3.22. The number of nitrogens with one attached hydrogen (secondary N) is 3. The van der Waals surface area contributed by atoms with Crippen LogP contribution in [0.15, 0.2) is 0 Å². The molecule has 36 heavy (non-hydrogen) atoms. The van der Waals surface area contributed by atoms with Crippen LogP contribution in [0.25, 0.3) is 0 Å². The summed E-state index contributed by atoms with van der Waals surface area (Å²) in [6.07, 6.45) is 0.859. The quantitative estimate of drug-likeness (QED) is 0.240. The molecular weight excluding hydrogens is 482 g/mol. The first-order valence-corrected chi connectivity index (χ1v) is 13.7. The average molecular weight is 532 g/mol. The molecule has 0 saturated heterocycles.